The molecule has 0 aromatic carbocycles. The molecular weight excluding hydrogens is 959 g/mol. The zero-order chi connectivity index (χ0) is 55.6. The predicted octanol–water partition coefficient (Wildman–Crippen LogP) is -8.11. The lowest BCUT2D eigenvalue weighted by Crippen LogP contribution is -2.60. The van der Waals surface area contributed by atoms with Crippen molar-refractivity contribution in [3.05, 3.63) is 0 Å². The lowest BCUT2D eigenvalue weighted by Gasteiger charge is -2.28. The summed E-state index contributed by atoms with van der Waals surface area (Å²) in [4.78, 5) is 127. The first-order valence-corrected chi connectivity index (χ1v) is 23.6. The highest BCUT2D eigenvalue weighted by Crippen LogP contribution is 2.11. The van der Waals surface area contributed by atoms with Crippen molar-refractivity contribution in [3.63, 3.8) is 0 Å². The molecule has 7 amide bonds. The third kappa shape index (κ3) is 30.4. The average Bonchev–Trinajstić information content (AvgIpc) is 3.30. The molecule has 32 nitrogen and oxygen atoms in total. The Morgan fingerprint density at radius 3 is 0.863 bits per heavy atom. The van der Waals surface area contributed by atoms with Crippen LogP contribution in [0.25, 0.3) is 0 Å². The van der Waals surface area contributed by atoms with Crippen molar-refractivity contribution in [2.75, 3.05) is 32.7 Å². The Kier molecular flexibility index (Phi) is 32.1. The number of nitrogens with one attached hydrogen (secondary N) is 6. The standard InChI is InChI=1S/C41H81N23O9/c1-3-21(2)29(43)35(71)63-25(12-7-19-57-40(50)51)32(68)62-26(14-15-28(42)65)34(70)61-23(10-5-17-55-38(46)47)31(67)59-22(9-4-16-54-37(44)45)30(66)60-24(11-6-18-56-39(48)49)33(69)64-27(36(72)73)13-8-20-58-41(52)53/h21-27,29H,3-20,43H2,1-2H3,(H2,42,65)(H,59,67)(H,60,66)(H,61,70)(H,62,68)(H,63,71)(H,64,69)(H,72,73)(H4,44,45,54)(H4,46,47,55)(H4,48,49,56)(H4,50,51,57)(H4,52,53,58)/t21-,22-,23-,24-,25-,26-,27-,29-/m0/s1. The predicted molar refractivity (Wildman–Crippen MR) is 275 cm³/mol. The van der Waals surface area contributed by atoms with Crippen molar-refractivity contribution < 1.29 is 43.5 Å². The number of guanidine groups is 5. The van der Waals surface area contributed by atoms with E-state index in [0.29, 0.717) is 6.42 Å². The van der Waals surface area contributed by atoms with Crippen LogP contribution in [0.5, 0.6) is 0 Å². The molecule has 0 radical (unpaired) electrons. The van der Waals surface area contributed by atoms with Gasteiger partial charge in [-0.05, 0) is 76.5 Å². The molecule has 0 aromatic rings. The van der Waals surface area contributed by atoms with Crippen LogP contribution in [0.4, 0.5) is 0 Å². The van der Waals surface area contributed by atoms with Crippen LogP contribution in [0.1, 0.15) is 97.3 Å². The molecule has 0 saturated heterocycles. The van der Waals surface area contributed by atoms with Gasteiger partial charge in [0.1, 0.15) is 36.3 Å². The largest absolute Gasteiger partial charge is 0.480 e. The zero-order valence-corrected chi connectivity index (χ0v) is 41.7. The number of carbonyl (C=O) groups excluding carboxylic acids is 7. The van der Waals surface area contributed by atoms with Crippen molar-refractivity contribution in [2.45, 2.75) is 140 Å². The lowest BCUT2D eigenvalue weighted by molar-refractivity contribution is -0.142. The van der Waals surface area contributed by atoms with E-state index in [-0.39, 0.29) is 139 Å². The molecule has 0 aliphatic rings. The summed E-state index contributed by atoms with van der Waals surface area (Å²) in [5.41, 5.74) is 66.0. The molecule has 8 atom stereocenters. The number of carboxylic acids is 1. The minimum absolute atomic E-state index is 0.0101. The van der Waals surface area contributed by atoms with Crippen LogP contribution in [-0.2, 0) is 38.4 Å². The smallest absolute Gasteiger partial charge is 0.326 e. The normalized spacial score (nSPS) is 14.0. The highest BCUT2D eigenvalue weighted by atomic mass is 16.4. The maximum absolute atomic E-state index is 14.3. The van der Waals surface area contributed by atoms with Crippen molar-refractivity contribution in [1.29, 1.82) is 0 Å². The monoisotopic (exact) mass is 1040 g/mol. The van der Waals surface area contributed by atoms with E-state index in [1.807, 2.05) is 6.92 Å². The van der Waals surface area contributed by atoms with Gasteiger partial charge in [-0.1, -0.05) is 20.3 Å². The molecule has 32 heteroatoms. The van der Waals surface area contributed by atoms with Crippen LogP contribution < -0.4 is 101 Å². The van der Waals surface area contributed by atoms with Gasteiger partial charge in [0.2, 0.25) is 41.4 Å². The quantitative estimate of drug-likeness (QED) is 0.0155. The number of nitrogens with zero attached hydrogens (tertiary/aromatic N) is 5. The maximum Gasteiger partial charge on any atom is 0.326 e. The van der Waals surface area contributed by atoms with E-state index >= 15 is 0 Å². The molecule has 0 heterocycles. The van der Waals surface area contributed by atoms with Gasteiger partial charge in [-0.15, -0.1) is 0 Å². The minimum Gasteiger partial charge on any atom is -0.480 e. The van der Waals surface area contributed by atoms with E-state index in [1.165, 1.54) is 0 Å². The minimum atomic E-state index is -1.54. The van der Waals surface area contributed by atoms with E-state index in [1.54, 1.807) is 6.92 Å². The topological polar surface area (TPSA) is 603 Å². The molecule has 31 N–H and O–H groups in total. The first-order valence-electron chi connectivity index (χ1n) is 23.6. The summed E-state index contributed by atoms with van der Waals surface area (Å²) < 4.78 is 0. The van der Waals surface area contributed by atoms with Crippen LogP contribution in [-0.4, -0.2) is 157 Å². The number of amides is 7. The maximum atomic E-state index is 14.3. The number of hydrogen-bond acceptors (Lipinski definition) is 14. The van der Waals surface area contributed by atoms with Crippen LogP contribution >= 0.6 is 0 Å². The molecule has 0 rings (SSSR count). The number of rotatable bonds is 38. The lowest BCUT2D eigenvalue weighted by atomic mass is 9.98. The molecule has 0 aliphatic carbocycles. The molecule has 0 unspecified atom stereocenters. The summed E-state index contributed by atoms with van der Waals surface area (Å²) in [6.45, 7) is 3.72. The number of aliphatic imine (C=N–C) groups is 5. The first-order chi connectivity index (χ1) is 34.3. The van der Waals surface area contributed by atoms with E-state index in [9.17, 15) is 43.5 Å². The summed E-state index contributed by atoms with van der Waals surface area (Å²) in [5, 5.41) is 25.2. The molecule has 0 aromatic heterocycles. The number of hydrogen-bond donors (Lipinski definition) is 19. The fraction of sp³-hybridized carbons (Fsp3) is 0.683. The van der Waals surface area contributed by atoms with Gasteiger partial charge < -0.3 is 106 Å². The molecule has 73 heavy (non-hydrogen) atoms. The Morgan fingerprint density at radius 1 is 0.397 bits per heavy atom. The number of carboxylic acid groups (broad SMARTS) is 1. The second-order valence-electron chi connectivity index (χ2n) is 16.9. The second kappa shape index (κ2) is 36.1. The van der Waals surface area contributed by atoms with Crippen molar-refractivity contribution in [1.82, 2.24) is 31.9 Å². The summed E-state index contributed by atoms with van der Waals surface area (Å²) in [6.07, 6.45) is -0.133. The van der Waals surface area contributed by atoms with Gasteiger partial charge in [-0.25, -0.2) is 4.79 Å². The number of aliphatic carboxylic acids is 1. The average molecular weight is 1040 g/mol. The zero-order valence-electron chi connectivity index (χ0n) is 41.7. The van der Waals surface area contributed by atoms with Crippen LogP contribution in [0, 0.1) is 5.92 Å². The molecular formula is C41H81N23O9. The second-order valence-corrected chi connectivity index (χ2v) is 16.9. The van der Waals surface area contributed by atoms with Gasteiger partial charge in [0.15, 0.2) is 29.8 Å². The molecule has 0 aliphatic heterocycles. The van der Waals surface area contributed by atoms with E-state index in [4.69, 9.17) is 68.8 Å². The molecule has 0 fully saturated rings. The van der Waals surface area contributed by atoms with Gasteiger partial charge in [0.25, 0.3) is 0 Å². The van der Waals surface area contributed by atoms with Crippen LogP contribution in [0.3, 0.4) is 0 Å². The highest BCUT2D eigenvalue weighted by molar-refractivity contribution is 5.97. The summed E-state index contributed by atoms with van der Waals surface area (Å²) >= 11 is 0. The third-order valence-corrected chi connectivity index (χ3v) is 10.7. The van der Waals surface area contributed by atoms with Gasteiger partial charge in [-0.3, -0.25) is 58.5 Å². The van der Waals surface area contributed by atoms with Gasteiger partial charge in [0, 0.05) is 39.1 Å². The third-order valence-electron chi connectivity index (χ3n) is 10.7. The van der Waals surface area contributed by atoms with Gasteiger partial charge in [-0.2, -0.15) is 0 Å². The van der Waals surface area contributed by atoms with Gasteiger partial charge >= 0.3 is 5.97 Å². The fourth-order valence-electron chi connectivity index (χ4n) is 6.55. The first kappa shape index (κ1) is 65.1. The highest BCUT2D eigenvalue weighted by Gasteiger charge is 2.34. The van der Waals surface area contributed by atoms with Crippen molar-refractivity contribution in [2.24, 2.45) is 99.7 Å². The summed E-state index contributed by atoms with van der Waals surface area (Å²) in [5.74, 6) is -8.91. The Morgan fingerprint density at radius 2 is 0.630 bits per heavy atom. The Bertz CT molecular complexity index is 1950. The summed E-state index contributed by atoms with van der Waals surface area (Å²) in [7, 11) is 0. The fourth-order valence-corrected chi connectivity index (χ4v) is 6.55. The number of primary amides is 1. The molecule has 0 spiro atoms. The van der Waals surface area contributed by atoms with Gasteiger partial charge in [0.05, 0.1) is 6.04 Å². The van der Waals surface area contributed by atoms with E-state index in [0.717, 1.165) is 0 Å². The molecule has 414 valence electrons. The summed E-state index contributed by atoms with van der Waals surface area (Å²) in [6, 6.07) is -9.59. The Labute approximate surface area is 423 Å². The van der Waals surface area contributed by atoms with E-state index < -0.39 is 96.0 Å². The van der Waals surface area contributed by atoms with Crippen molar-refractivity contribution in [3.8, 4) is 0 Å². The van der Waals surface area contributed by atoms with Crippen LogP contribution in [0.15, 0.2) is 25.0 Å². The SMILES string of the molecule is CC[C@H](C)[C@H](N)C(=O)N[C@@H](CCCN=C(N)N)C(=O)N[C@@H](CCC(N)=O)C(=O)N[C@@H](CCCN=C(N)N)C(=O)N[C@@H](CCCN=C(N)N)C(=O)N[C@@H](CCCN=C(N)N)C(=O)N[C@@H](CCCN=C(N)N)C(=O)O. The molecule has 0 bridgehead atoms. The number of nitrogens with two attached hydrogens (primary N) is 12. The Balaban J connectivity index is 7.06. The molecule has 0 saturated carbocycles. The number of carbonyl (C=O) groups is 8. The van der Waals surface area contributed by atoms with E-state index in [2.05, 4.69) is 56.9 Å². The van der Waals surface area contributed by atoms with Crippen LogP contribution in [0.2, 0.25) is 0 Å². The Hall–Kier alpha value is -7.93. The van der Waals surface area contributed by atoms with Crippen molar-refractivity contribution >= 4 is 77.1 Å².